The molecule has 1 aromatic heterocycles. The summed E-state index contributed by atoms with van der Waals surface area (Å²) in [6.07, 6.45) is 2.83. The third-order valence-electron chi connectivity index (χ3n) is 3.85. The summed E-state index contributed by atoms with van der Waals surface area (Å²) in [5.74, 6) is 1.58. The van der Waals surface area contributed by atoms with Crippen LogP contribution in [0.4, 0.5) is 11.5 Å². The first kappa shape index (κ1) is 14.3. The van der Waals surface area contributed by atoms with Gasteiger partial charge in [-0.25, -0.2) is 9.97 Å². The summed E-state index contributed by atoms with van der Waals surface area (Å²) in [7, 11) is 0. The summed E-state index contributed by atoms with van der Waals surface area (Å²) in [6.45, 7) is 5.16. The lowest BCUT2D eigenvalue weighted by Crippen LogP contribution is -2.22. The number of nitrogens with one attached hydrogen (secondary N) is 1. The molecule has 0 bridgehead atoms. The Bertz CT molecular complexity index is 599. The quantitative estimate of drug-likeness (QED) is 0.919. The van der Waals surface area contributed by atoms with Crippen molar-refractivity contribution < 1.29 is 0 Å². The van der Waals surface area contributed by atoms with E-state index >= 15 is 0 Å². The van der Waals surface area contributed by atoms with E-state index in [9.17, 15) is 0 Å². The van der Waals surface area contributed by atoms with Crippen LogP contribution in [0.2, 0.25) is 0 Å². The molecule has 0 amide bonds. The third kappa shape index (κ3) is 3.73. The summed E-state index contributed by atoms with van der Waals surface area (Å²) in [5, 5.41) is 3.42. The van der Waals surface area contributed by atoms with E-state index in [-0.39, 0.29) is 0 Å². The number of aromatic nitrogens is 2. The van der Waals surface area contributed by atoms with Crippen LogP contribution in [0.15, 0.2) is 41.1 Å². The summed E-state index contributed by atoms with van der Waals surface area (Å²) < 4.78 is 1.13. The van der Waals surface area contributed by atoms with E-state index in [0.717, 1.165) is 35.6 Å². The van der Waals surface area contributed by atoms with Crippen LogP contribution >= 0.6 is 15.9 Å². The van der Waals surface area contributed by atoms with Gasteiger partial charge in [0.1, 0.15) is 12.1 Å². The van der Waals surface area contributed by atoms with E-state index in [4.69, 9.17) is 0 Å². The fourth-order valence-corrected chi connectivity index (χ4v) is 2.95. The van der Waals surface area contributed by atoms with Crippen molar-refractivity contribution in [2.75, 3.05) is 29.9 Å². The van der Waals surface area contributed by atoms with E-state index in [1.807, 2.05) is 13.0 Å². The van der Waals surface area contributed by atoms with E-state index in [1.165, 1.54) is 12.1 Å². The molecule has 2 heterocycles. The maximum absolute atomic E-state index is 4.25. The second-order valence-corrected chi connectivity index (χ2v) is 6.42. The van der Waals surface area contributed by atoms with Crippen molar-refractivity contribution in [3.8, 4) is 0 Å². The average molecular weight is 347 g/mol. The van der Waals surface area contributed by atoms with Gasteiger partial charge in [-0.15, -0.1) is 0 Å². The Morgan fingerprint density at radius 2 is 2.10 bits per heavy atom. The van der Waals surface area contributed by atoms with Gasteiger partial charge < -0.3 is 10.2 Å². The first-order valence-corrected chi connectivity index (χ1v) is 8.03. The van der Waals surface area contributed by atoms with Crippen LogP contribution in [0.25, 0.3) is 0 Å². The SMILES string of the molecule is Cc1cc(NCC2CCN(c3ccc(Br)cc3)C2)ncn1. The fourth-order valence-electron chi connectivity index (χ4n) is 2.69. The summed E-state index contributed by atoms with van der Waals surface area (Å²) in [5.41, 5.74) is 2.30. The Hall–Kier alpha value is -1.62. The molecule has 1 saturated heterocycles. The van der Waals surface area contributed by atoms with Crippen LogP contribution < -0.4 is 10.2 Å². The lowest BCUT2D eigenvalue weighted by atomic mass is 10.1. The molecule has 2 aromatic rings. The van der Waals surface area contributed by atoms with Crippen LogP contribution in [0.5, 0.6) is 0 Å². The number of hydrogen-bond donors (Lipinski definition) is 1. The predicted molar refractivity (Wildman–Crippen MR) is 89.7 cm³/mol. The minimum absolute atomic E-state index is 0.656. The molecule has 1 unspecified atom stereocenters. The minimum atomic E-state index is 0.656. The molecule has 0 radical (unpaired) electrons. The van der Waals surface area contributed by atoms with E-state index in [2.05, 4.69) is 60.4 Å². The van der Waals surface area contributed by atoms with Crippen LogP contribution in [-0.2, 0) is 0 Å². The number of anilines is 2. The third-order valence-corrected chi connectivity index (χ3v) is 4.38. The van der Waals surface area contributed by atoms with E-state index < -0.39 is 0 Å². The highest BCUT2D eigenvalue weighted by molar-refractivity contribution is 9.10. The number of rotatable bonds is 4. The molecular weight excluding hydrogens is 328 g/mol. The second kappa shape index (κ2) is 6.43. The van der Waals surface area contributed by atoms with Gasteiger partial charge in [0.05, 0.1) is 0 Å². The molecule has 1 fully saturated rings. The zero-order valence-electron chi connectivity index (χ0n) is 12.1. The lowest BCUT2D eigenvalue weighted by Gasteiger charge is -2.19. The van der Waals surface area contributed by atoms with Gasteiger partial charge in [0.2, 0.25) is 0 Å². The molecule has 0 aliphatic carbocycles. The zero-order valence-corrected chi connectivity index (χ0v) is 13.7. The Balaban J connectivity index is 1.54. The van der Waals surface area contributed by atoms with Crippen molar-refractivity contribution in [2.45, 2.75) is 13.3 Å². The molecule has 5 heteroatoms. The summed E-state index contributed by atoms with van der Waals surface area (Å²) >= 11 is 3.48. The topological polar surface area (TPSA) is 41.0 Å². The number of hydrogen-bond acceptors (Lipinski definition) is 4. The van der Waals surface area contributed by atoms with Crippen molar-refractivity contribution >= 4 is 27.4 Å². The fraction of sp³-hybridized carbons (Fsp3) is 0.375. The first-order chi connectivity index (χ1) is 10.2. The normalized spacial score (nSPS) is 18.0. The molecule has 1 aliphatic heterocycles. The standard InChI is InChI=1S/C16H19BrN4/c1-12-8-16(20-11-19-12)18-9-13-6-7-21(10-13)15-4-2-14(17)3-5-15/h2-5,8,11,13H,6-7,9-10H2,1H3,(H,18,19,20). The number of benzene rings is 1. The van der Waals surface area contributed by atoms with Crippen LogP contribution in [0.3, 0.4) is 0 Å². The largest absolute Gasteiger partial charge is 0.371 e. The van der Waals surface area contributed by atoms with E-state index in [1.54, 1.807) is 6.33 Å². The number of nitrogens with zero attached hydrogens (tertiary/aromatic N) is 3. The maximum Gasteiger partial charge on any atom is 0.129 e. The van der Waals surface area contributed by atoms with Gasteiger partial charge in [0.15, 0.2) is 0 Å². The van der Waals surface area contributed by atoms with Gasteiger partial charge in [-0.1, -0.05) is 15.9 Å². The number of halogens is 1. The van der Waals surface area contributed by atoms with Crippen molar-refractivity contribution in [3.63, 3.8) is 0 Å². The Kier molecular flexibility index (Phi) is 4.39. The molecule has 1 aliphatic rings. The van der Waals surface area contributed by atoms with Gasteiger partial charge in [0, 0.05) is 41.6 Å². The molecule has 3 rings (SSSR count). The molecule has 110 valence electrons. The van der Waals surface area contributed by atoms with Crippen molar-refractivity contribution in [1.82, 2.24) is 9.97 Å². The molecule has 0 spiro atoms. The first-order valence-electron chi connectivity index (χ1n) is 7.24. The van der Waals surface area contributed by atoms with Gasteiger partial charge in [-0.2, -0.15) is 0 Å². The Morgan fingerprint density at radius 3 is 2.86 bits per heavy atom. The maximum atomic E-state index is 4.25. The highest BCUT2D eigenvalue weighted by Crippen LogP contribution is 2.25. The van der Waals surface area contributed by atoms with Gasteiger partial charge in [0.25, 0.3) is 0 Å². The minimum Gasteiger partial charge on any atom is -0.371 e. The molecule has 1 aromatic carbocycles. The van der Waals surface area contributed by atoms with Gasteiger partial charge in [-0.3, -0.25) is 0 Å². The van der Waals surface area contributed by atoms with Gasteiger partial charge in [-0.05, 0) is 43.5 Å². The lowest BCUT2D eigenvalue weighted by molar-refractivity contribution is 0.621. The molecule has 0 saturated carbocycles. The zero-order chi connectivity index (χ0) is 14.7. The van der Waals surface area contributed by atoms with E-state index in [0.29, 0.717) is 5.92 Å². The van der Waals surface area contributed by atoms with Crippen LogP contribution in [-0.4, -0.2) is 29.6 Å². The molecule has 4 nitrogen and oxygen atoms in total. The molecule has 1 N–H and O–H groups in total. The van der Waals surface area contributed by atoms with Crippen molar-refractivity contribution in [2.24, 2.45) is 5.92 Å². The molecule has 1 atom stereocenters. The Morgan fingerprint density at radius 1 is 1.29 bits per heavy atom. The molecule has 21 heavy (non-hydrogen) atoms. The smallest absolute Gasteiger partial charge is 0.129 e. The summed E-state index contributed by atoms with van der Waals surface area (Å²) in [6, 6.07) is 10.5. The second-order valence-electron chi connectivity index (χ2n) is 5.50. The highest BCUT2D eigenvalue weighted by Gasteiger charge is 2.22. The van der Waals surface area contributed by atoms with Crippen LogP contribution in [0, 0.1) is 12.8 Å². The Labute approximate surface area is 133 Å². The average Bonchev–Trinajstić information content (AvgIpc) is 2.95. The van der Waals surface area contributed by atoms with Crippen molar-refractivity contribution in [1.29, 1.82) is 0 Å². The van der Waals surface area contributed by atoms with Gasteiger partial charge >= 0.3 is 0 Å². The monoisotopic (exact) mass is 346 g/mol. The molecular formula is C16H19BrN4. The highest BCUT2D eigenvalue weighted by atomic mass is 79.9. The van der Waals surface area contributed by atoms with Crippen molar-refractivity contribution in [3.05, 3.63) is 46.8 Å². The summed E-state index contributed by atoms with van der Waals surface area (Å²) in [4.78, 5) is 10.8. The van der Waals surface area contributed by atoms with Crippen LogP contribution in [0.1, 0.15) is 12.1 Å². The predicted octanol–water partition coefficient (Wildman–Crippen LogP) is 3.49. The number of aryl methyl sites for hydroxylation is 1.